The zero-order chi connectivity index (χ0) is 28.4. The van der Waals surface area contributed by atoms with Gasteiger partial charge in [-0.3, -0.25) is 14.4 Å². The van der Waals surface area contributed by atoms with Crippen LogP contribution >= 0.6 is 0 Å². The van der Waals surface area contributed by atoms with Gasteiger partial charge in [0.1, 0.15) is 0 Å². The van der Waals surface area contributed by atoms with Crippen LogP contribution in [0.2, 0.25) is 0 Å². The first-order chi connectivity index (χ1) is 19.8. The first kappa shape index (κ1) is 27.9. The Hall–Kier alpha value is -3.24. The molecule has 3 atom stereocenters. The molecule has 2 aliphatic heterocycles. The van der Waals surface area contributed by atoms with Crippen molar-refractivity contribution in [2.75, 3.05) is 17.5 Å². The van der Waals surface area contributed by atoms with E-state index >= 15 is 0 Å². The second-order valence-electron chi connectivity index (χ2n) is 12.1. The fourth-order valence-electron chi connectivity index (χ4n) is 6.56. The molecule has 1 aromatic heterocycles. The van der Waals surface area contributed by atoms with Crippen molar-refractivity contribution in [3.05, 3.63) is 77.4 Å². The van der Waals surface area contributed by atoms with Crippen LogP contribution < -0.4 is 10.0 Å². The Bertz CT molecular complexity index is 1420. The molecule has 3 aromatic rings. The van der Waals surface area contributed by atoms with Crippen LogP contribution in [0.3, 0.4) is 0 Å². The lowest BCUT2D eigenvalue weighted by Crippen LogP contribution is -2.44. The smallest absolute Gasteiger partial charge is 0.229 e. The maximum absolute atomic E-state index is 12.7. The summed E-state index contributed by atoms with van der Waals surface area (Å²) in [5.74, 6) is 2.38. The van der Waals surface area contributed by atoms with Crippen LogP contribution in [-0.4, -0.2) is 54.2 Å². The molecule has 3 fully saturated rings. The van der Waals surface area contributed by atoms with E-state index in [0.29, 0.717) is 42.4 Å². The predicted octanol–water partition coefficient (Wildman–Crippen LogP) is 4.79. The van der Waals surface area contributed by atoms with E-state index in [1.807, 2.05) is 18.2 Å². The van der Waals surface area contributed by atoms with Gasteiger partial charge in [-0.15, -0.1) is 0 Å². The molecule has 2 N–H and O–H groups in total. The van der Waals surface area contributed by atoms with E-state index in [4.69, 9.17) is 9.51 Å². The van der Waals surface area contributed by atoms with E-state index in [-0.39, 0.29) is 17.9 Å². The largest absolute Gasteiger partial charge is 0.349 e. The van der Waals surface area contributed by atoms with E-state index in [0.717, 1.165) is 43.5 Å². The number of hydrogen-bond donors (Lipinski definition) is 2. The number of carbonyl (C=O) groups excluding carboxylic acids is 1. The highest BCUT2D eigenvalue weighted by Crippen LogP contribution is 2.43. The molecule has 0 radical (unpaired) electrons. The highest BCUT2D eigenvalue weighted by molar-refractivity contribution is 7.92. The molecular weight excluding hydrogens is 538 g/mol. The third-order valence-corrected chi connectivity index (χ3v) is 9.33. The molecule has 41 heavy (non-hydrogen) atoms. The van der Waals surface area contributed by atoms with Crippen molar-refractivity contribution in [3.8, 4) is 0 Å². The Morgan fingerprint density at radius 1 is 1.02 bits per heavy atom. The third-order valence-electron chi connectivity index (χ3n) is 8.72. The Kier molecular flexibility index (Phi) is 8.12. The molecular formula is C31H39N5O4S. The highest BCUT2D eigenvalue weighted by atomic mass is 32.2. The summed E-state index contributed by atoms with van der Waals surface area (Å²) < 4.78 is 31.1. The molecule has 3 aliphatic rings. The van der Waals surface area contributed by atoms with Gasteiger partial charge in [0.2, 0.25) is 21.8 Å². The topological polar surface area (TPSA) is 117 Å². The molecule has 2 unspecified atom stereocenters. The first-order valence-electron chi connectivity index (χ1n) is 14.8. The average Bonchev–Trinajstić information content (AvgIpc) is 3.58. The number of anilines is 1. The number of rotatable bonds is 12. The van der Waals surface area contributed by atoms with Gasteiger partial charge in [-0.05, 0) is 74.1 Å². The molecule has 2 saturated heterocycles. The molecule has 10 heteroatoms. The lowest BCUT2D eigenvalue weighted by Gasteiger charge is -2.38. The molecule has 6 rings (SSSR count). The molecule has 3 heterocycles. The van der Waals surface area contributed by atoms with Gasteiger partial charge in [-0.2, -0.15) is 4.98 Å². The SMILES string of the molecule is CS(=O)(=O)Nc1ccc(Cc2noc(C3CC4CCC(C3)N4CC[C@H](NC(=O)CC3CC3)c3ccccc3)n2)cc1. The number of hydrogen-bond acceptors (Lipinski definition) is 7. The molecule has 2 aromatic carbocycles. The Labute approximate surface area is 242 Å². The number of fused-ring (bicyclic) bond motifs is 2. The van der Waals surface area contributed by atoms with Crippen molar-refractivity contribution >= 4 is 21.6 Å². The van der Waals surface area contributed by atoms with Crippen LogP contribution in [0.5, 0.6) is 0 Å². The Morgan fingerprint density at radius 2 is 1.73 bits per heavy atom. The van der Waals surface area contributed by atoms with Gasteiger partial charge in [-0.25, -0.2) is 8.42 Å². The van der Waals surface area contributed by atoms with Crippen molar-refractivity contribution in [3.63, 3.8) is 0 Å². The van der Waals surface area contributed by atoms with Crippen LogP contribution in [0.15, 0.2) is 59.1 Å². The quantitative estimate of drug-likeness (QED) is 0.318. The molecule has 0 spiro atoms. The monoisotopic (exact) mass is 577 g/mol. The number of nitrogens with zero attached hydrogens (tertiary/aromatic N) is 3. The van der Waals surface area contributed by atoms with Crippen molar-refractivity contribution in [2.24, 2.45) is 5.92 Å². The fourth-order valence-corrected chi connectivity index (χ4v) is 7.12. The van der Waals surface area contributed by atoms with E-state index in [1.54, 1.807) is 12.1 Å². The predicted molar refractivity (Wildman–Crippen MR) is 157 cm³/mol. The van der Waals surface area contributed by atoms with Crippen molar-refractivity contribution < 1.29 is 17.7 Å². The minimum Gasteiger partial charge on any atom is -0.349 e. The zero-order valence-electron chi connectivity index (χ0n) is 23.5. The maximum Gasteiger partial charge on any atom is 0.229 e. The van der Waals surface area contributed by atoms with Crippen molar-refractivity contribution in [1.29, 1.82) is 0 Å². The van der Waals surface area contributed by atoms with E-state index in [1.165, 1.54) is 31.2 Å². The number of nitrogens with one attached hydrogen (secondary N) is 2. The summed E-state index contributed by atoms with van der Waals surface area (Å²) >= 11 is 0. The molecule has 1 amide bonds. The fraction of sp³-hybridized carbons (Fsp3) is 0.516. The first-order valence-corrected chi connectivity index (χ1v) is 16.7. The number of piperidine rings is 1. The second kappa shape index (κ2) is 11.9. The lowest BCUT2D eigenvalue weighted by atomic mass is 9.90. The second-order valence-corrected chi connectivity index (χ2v) is 13.8. The van der Waals surface area contributed by atoms with Crippen LogP contribution in [0.25, 0.3) is 0 Å². The minimum atomic E-state index is -3.30. The summed E-state index contributed by atoms with van der Waals surface area (Å²) in [5.41, 5.74) is 2.70. The number of benzene rings is 2. The summed E-state index contributed by atoms with van der Waals surface area (Å²) in [6.07, 6.45) is 9.96. The van der Waals surface area contributed by atoms with E-state index in [2.05, 4.69) is 44.4 Å². The summed E-state index contributed by atoms with van der Waals surface area (Å²) in [7, 11) is -3.30. The van der Waals surface area contributed by atoms with Gasteiger partial charge < -0.3 is 9.84 Å². The van der Waals surface area contributed by atoms with Crippen LogP contribution in [0.1, 0.15) is 86.2 Å². The third kappa shape index (κ3) is 7.35. The van der Waals surface area contributed by atoms with Gasteiger partial charge in [0.25, 0.3) is 0 Å². The number of carbonyl (C=O) groups is 1. The molecule has 9 nitrogen and oxygen atoms in total. The van der Waals surface area contributed by atoms with Gasteiger partial charge >= 0.3 is 0 Å². The Morgan fingerprint density at radius 3 is 2.39 bits per heavy atom. The minimum absolute atomic E-state index is 0.0364. The summed E-state index contributed by atoms with van der Waals surface area (Å²) in [6, 6.07) is 18.6. The van der Waals surface area contributed by atoms with Gasteiger partial charge in [0.15, 0.2) is 5.82 Å². The maximum atomic E-state index is 12.7. The molecule has 218 valence electrons. The lowest BCUT2D eigenvalue weighted by molar-refractivity contribution is -0.122. The summed E-state index contributed by atoms with van der Waals surface area (Å²) in [4.78, 5) is 20.1. The zero-order valence-corrected chi connectivity index (χ0v) is 24.4. The summed E-state index contributed by atoms with van der Waals surface area (Å²) in [6.45, 7) is 0.963. The number of sulfonamides is 1. The van der Waals surface area contributed by atoms with Crippen LogP contribution in [0.4, 0.5) is 5.69 Å². The highest BCUT2D eigenvalue weighted by Gasteiger charge is 2.42. The van der Waals surface area contributed by atoms with Crippen molar-refractivity contribution in [1.82, 2.24) is 20.4 Å². The standard InChI is InChI=1S/C31H39N5O4S/c1-41(38,39)35-25-11-9-21(10-12-25)17-29-33-31(40-34-29)24-19-26-13-14-27(20-24)36(26)16-15-28(23-5-3-2-4-6-23)32-30(37)18-22-7-8-22/h2-6,9-12,22,24,26-28,35H,7-8,13-20H2,1H3,(H,32,37)/t24?,26?,27?,28-/m0/s1. The average molecular weight is 578 g/mol. The number of amides is 1. The molecule has 1 saturated carbocycles. The molecule has 2 bridgehead atoms. The van der Waals surface area contributed by atoms with Crippen LogP contribution in [-0.2, 0) is 21.2 Å². The normalized spacial score (nSPS) is 23.3. The summed E-state index contributed by atoms with van der Waals surface area (Å²) in [5, 5.41) is 7.59. The van der Waals surface area contributed by atoms with Crippen molar-refractivity contribution in [2.45, 2.75) is 81.8 Å². The Balaban J connectivity index is 1.04. The van der Waals surface area contributed by atoms with Gasteiger partial charge in [0.05, 0.1) is 12.3 Å². The van der Waals surface area contributed by atoms with E-state index < -0.39 is 10.0 Å². The van der Waals surface area contributed by atoms with Gasteiger partial charge in [0, 0.05) is 43.1 Å². The number of aromatic nitrogens is 2. The van der Waals surface area contributed by atoms with E-state index in [9.17, 15) is 13.2 Å². The molecule has 1 aliphatic carbocycles. The van der Waals surface area contributed by atoms with Crippen LogP contribution in [0, 0.1) is 5.92 Å². The van der Waals surface area contributed by atoms with Gasteiger partial charge in [-0.1, -0.05) is 47.6 Å².